The number of aliphatic hydroxyl groups excluding tert-OH is 1. The Kier molecular flexibility index (Phi) is 28.5. The predicted octanol–water partition coefficient (Wildman–Crippen LogP) is 9.46. The number of carbonyl (C=O) groups is 1. The second-order valence-corrected chi connectivity index (χ2v) is 13.6. The van der Waals surface area contributed by atoms with Crippen LogP contribution in [0.3, 0.4) is 0 Å². The molecule has 41 heavy (non-hydrogen) atoms. The summed E-state index contributed by atoms with van der Waals surface area (Å²) in [4.78, 5) is 12.4. The maximum atomic E-state index is 12.4. The third kappa shape index (κ3) is 30.3. The highest BCUT2D eigenvalue weighted by Gasteiger charge is 2.26. The lowest BCUT2D eigenvalue weighted by Crippen LogP contribution is -2.47. The first-order chi connectivity index (χ1) is 19.8. The van der Waals surface area contributed by atoms with Gasteiger partial charge in [-0.3, -0.25) is 9.35 Å². The fraction of sp³-hybridized carbons (Fsp3) is 0.912. The van der Waals surface area contributed by atoms with Gasteiger partial charge in [0.2, 0.25) is 5.91 Å². The van der Waals surface area contributed by atoms with Crippen molar-refractivity contribution in [2.24, 2.45) is 0 Å². The van der Waals surface area contributed by atoms with Crippen LogP contribution >= 0.6 is 0 Å². The van der Waals surface area contributed by atoms with E-state index in [9.17, 15) is 22.9 Å². The van der Waals surface area contributed by atoms with E-state index in [0.717, 1.165) is 51.4 Å². The molecule has 0 aromatic heterocycles. The van der Waals surface area contributed by atoms with Gasteiger partial charge >= 0.3 is 0 Å². The van der Waals surface area contributed by atoms with Crippen LogP contribution in [0.1, 0.15) is 181 Å². The van der Waals surface area contributed by atoms with Gasteiger partial charge in [0.05, 0.1) is 17.9 Å². The third-order valence-corrected chi connectivity index (χ3v) is 8.75. The highest BCUT2D eigenvalue weighted by Crippen LogP contribution is 2.15. The van der Waals surface area contributed by atoms with Crippen molar-refractivity contribution in [1.29, 1.82) is 0 Å². The van der Waals surface area contributed by atoms with Crippen LogP contribution in [0.2, 0.25) is 0 Å². The molecule has 1 amide bonds. The number of carbonyl (C=O) groups excluding carboxylic acids is 1. The standard InChI is InChI=1S/C34H67NO5S/c1-3-5-7-9-11-13-15-17-19-21-23-25-27-29-33(36)32(31-41(38,39)40)35-34(37)30-28-26-24-22-20-18-16-14-12-10-8-6-4-2/h14,16,32-33,36H,3-13,15,17-31H2,1-2H3,(H,35,37)(H,38,39,40)/b16-14-. The van der Waals surface area contributed by atoms with Crippen LogP contribution in [0.25, 0.3) is 0 Å². The SMILES string of the molecule is CCCCCC/C=C\CCCCCCCC(=O)NC(CS(=O)(=O)O)C(O)CCCCCCCCCCCCCCC. The van der Waals surface area contributed by atoms with E-state index in [2.05, 4.69) is 31.3 Å². The average Bonchev–Trinajstić information content (AvgIpc) is 2.92. The number of amides is 1. The van der Waals surface area contributed by atoms with Crippen molar-refractivity contribution in [3.05, 3.63) is 12.2 Å². The van der Waals surface area contributed by atoms with Gasteiger partial charge in [-0.25, -0.2) is 0 Å². The molecule has 3 N–H and O–H groups in total. The van der Waals surface area contributed by atoms with Crippen molar-refractivity contribution in [3.63, 3.8) is 0 Å². The second kappa shape index (κ2) is 29.2. The Labute approximate surface area is 254 Å². The van der Waals surface area contributed by atoms with Crippen molar-refractivity contribution >= 4 is 16.0 Å². The molecular formula is C34H67NO5S. The Morgan fingerprint density at radius 2 is 1.02 bits per heavy atom. The number of aliphatic hydroxyl groups is 1. The molecule has 0 aliphatic heterocycles. The molecule has 0 aromatic rings. The predicted molar refractivity (Wildman–Crippen MR) is 175 cm³/mol. The van der Waals surface area contributed by atoms with E-state index in [0.29, 0.717) is 12.8 Å². The maximum Gasteiger partial charge on any atom is 0.266 e. The summed E-state index contributed by atoms with van der Waals surface area (Å²) in [6.45, 7) is 4.48. The molecule has 2 unspecified atom stereocenters. The Morgan fingerprint density at radius 3 is 1.49 bits per heavy atom. The molecule has 244 valence electrons. The van der Waals surface area contributed by atoms with E-state index >= 15 is 0 Å². The van der Waals surface area contributed by atoms with Crippen LogP contribution in [0, 0.1) is 0 Å². The lowest BCUT2D eigenvalue weighted by Gasteiger charge is -2.23. The molecule has 6 nitrogen and oxygen atoms in total. The van der Waals surface area contributed by atoms with Crippen molar-refractivity contribution in [1.82, 2.24) is 5.32 Å². The Bertz CT molecular complexity index is 710. The molecule has 0 saturated carbocycles. The van der Waals surface area contributed by atoms with E-state index in [1.165, 1.54) is 103 Å². The Balaban J connectivity index is 3.96. The zero-order chi connectivity index (χ0) is 30.4. The van der Waals surface area contributed by atoms with Gasteiger partial charge in [0.25, 0.3) is 10.1 Å². The molecule has 0 aliphatic rings. The summed E-state index contributed by atoms with van der Waals surface area (Å²) in [5.41, 5.74) is 0. The molecule has 0 fully saturated rings. The van der Waals surface area contributed by atoms with Gasteiger partial charge in [-0.15, -0.1) is 0 Å². The number of hydrogen-bond donors (Lipinski definition) is 3. The molecule has 0 spiro atoms. The molecule has 0 bridgehead atoms. The van der Waals surface area contributed by atoms with Crippen LogP contribution in [0.5, 0.6) is 0 Å². The minimum atomic E-state index is -4.30. The van der Waals surface area contributed by atoms with Crippen molar-refractivity contribution in [2.75, 3.05) is 5.75 Å². The van der Waals surface area contributed by atoms with Crippen LogP contribution in [-0.2, 0) is 14.9 Å². The average molecular weight is 602 g/mol. The molecule has 0 heterocycles. The summed E-state index contributed by atoms with van der Waals surface area (Å²) in [5.74, 6) is -0.904. The summed E-state index contributed by atoms with van der Waals surface area (Å²) >= 11 is 0. The lowest BCUT2D eigenvalue weighted by molar-refractivity contribution is -0.122. The topological polar surface area (TPSA) is 104 Å². The first-order valence-electron chi connectivity index (χ1n) is 17.4. The fourth-order valence-electron chi connectivity index (χ4n) is 5.33. The van der Waals surface area contributed by atoms with Crippen molar-refractivity contribution in [2.45, 2.75) is 193 Å². The number of unbranched alkanes of at least 4 members (excludes halogenated alkanes) is 21. The molecule has 0 radical (unpaired) electrons. The number of rotatable bonds is 31. The number of nitrogens with one attached hydrogen (secondary N) is 1. The van der Waals surface area contributed by atoms with Gasteiger partial charge in [-0.1, -0.05) is 148 Å². The van der Waals surface area contributed by atoms with Gasteiger partial charge in [0.1, 0.15) is 0 Å². The summed E-state index contributed by atoms with van der Waals surface area (Å²) in [6.07, 6.45) is 32.9. The van der Waals surface area contributed by atoms with E-state index < -0.39 is 28.0 Å². The fourth-order valence-corrected chi connectivity index (χ4v) is 6.09. The molecule has 0 aliphatic carbocycles. The zero-order valence-electron chi connectivity index (χ0n) is 26.9. The van der Waals surface area contributed by atoms with Crippen molar-refractivity contribution < 1.29 is 22.9 Å². The summed E-state index contributed by atoms with van der Waals surface area (Å²) < 4.78 is 32.3. The van der Waals surface area contributed by atoms with Crippen LogP contribution in [-0.4, -0.2) is 41.9 Å². The van der Waals surface area contributed by atoms with E-state index in [4.69, 9.17) is 0 Å². The number of allylic oxidation sites excluding steroid dienone is 2. The smallest absolute Gasteiger partial charge is 0.266 e. The van der Waals surface area contributed by atoms with Crippen LogP contribution < -0.4 is 5.32 Å². The maximum absolute atomic E-state index is 12.4. The number of hydrogen-bond acceptors (Lipinski definition) is 4. The van der Waals surface area contributed by atoms with Crippen LogP contribution in [0.4, 0.5) is 0 Å². The normalized spacial score (nSPS) is 13.6. The Morgan fingerprint density at radius 1 is 0.634 bits per heavy atom. The third-order valence-electron chi connectivity index (χ3n) is 7.97. The van der Waals surface area contributed by atoms with Crippen LogP contribution in [0.15, 0.2) is 12.2 Å². The van der Waals surface area contributed by atoms with Gasteiger partial charge in [-0.2, -0.15) is 8.42 Å². The first-order valence-corrected chi connectivity index (χ1v) is 19.0. The lowest BCUT2D eigenvalue weighted by atomic mass is 10.0. The summed E-state index contributed by atoms with van der Waals surface area (Å²) in [7, 11) is -4.30. The van der Waals surface area contributed by atoms with Gasteiger partial charge in [0, 0.05) is 6.42 Å². The van der Waals surface area contributed by atoms with E-state index in [1.807, 2.05) is 0 Å². The molecule has 2 atom stereocenters. The van der Waals surface area contributed by atoms with Gasteiger partial charge < -0.3 is 10.4 Å². The summed E-state index contributed by atoms with van der Waals surface area (Å²) in [5, 5.41) is 13.3. The quantitative estimate of drug-likeness (QED) is 0.0417. The monoisotopic (exact) mass is 601 g/mol. The summed E-state index contributed by atoms with van der Waals surface area (Å²) in [6, 6.07) is -0.969. The van der Waals surface area contributed by atoms with Crippen molar-refractivity contribution in [3.8, 4) is 0 Å². The highest BCUT2D eigenvalue weighted by molar-refractivity contribution is 7.85. The first kappa shape index (κ1) is 40.1. The second-order valence-electron chi connectivity index (χ2n) is 12.1. The van der Waals surface area contributed by atoms with E-state index in [-0.39, 0.29) is 5.91 Å². The zero-order valence-corrected chi connectivity index (χ0v) is 27.7. The molecule has 0 aromatic carbocycles. The largest absolute Gasteiger partial charge is 0.391 e. The van der Waals surface area contributed by atoms with Gasteiger partial charge in [0.15, 0.2) is 0 Å². The highest BCUT2D eigenvalue weighted by atomic mass is 32.2. The van der Waals surface area contributed by atoms with E-state index in [1.54, 1.807) is 0 Å². The van der Waals surface area contributed by atoms with Gasteiger partial charge in [-0.05, 0) is 38.5 Å². The molecule has 0 rings (SSSR count). The minimum Gasteiger partial charge on any atom is -0.391 e. The Hall–Kier alpha value is -0.920. The minimum absolute atomic E-state index is 0.255. The molecule has 0 saturated heterocycles. The molecule has 7 heteroatoms. The molecular weight excluding hydrogens is 534 g/mol.